The molecule has 0 spiro atoms. The number of anilines is 1. The summed E-state index contributed by atoms with van der Waals surface area (Å²) in [5.41, 5.74) is 1.77. The number of phenolic OH excluding ortho intramolecular Hbond substituents is 2. The van der Waals surface area contributed by atoms with Crippen LogP contribution in [0.1, 0.15) is 36.6 Å². The second kappa shape index (κ2) is 19.8. The van der Waals surface area contributed by atoms with Crippen molar-refractivity contribution in [1.29, 1.82) is 0 Å². The molecule has 0 saturated carbocycles. The number of carbonyl (C=O) groups is 3. The molecule has 62 heavy (non-hydrogen) atoms. The van der Waals surface area contributed by atoms with Gasteiger partial charge in [-0.3, -0.25) is 9.59 Å². The van der Waals surface area contributed by atoms with Crippen molar-refractivity contribution in [2.45, 2.75) is 0 Å². The predicted molar refractivity (Wildman–Crippen MR) is 220 cm³/mol. The molecule has 0 radical (unpaired) electrons. The number of carbonyl (C=O) groups excluding carboxylic acids is 2. The first-order chi connectivity index (χ1) is 29.4. The standard InChI is InChI=1S/C21H13F2NO2.C13H7ClF2O2.C13H8F2O3/c1-2-13-4-3-5-16(10-13)24-21(26)18-11-14(6-9-20(18)25)17-8-7-15(22)12-19(17)23;14-13(18)10-5-7(1-4-12(10)17)9-3-2-8(15)6-11(9)16;14-8-2-3-9(11(15)6-8)7-1-4-12(16)10(5-7)13(17)18/h1,3-12,25H,(H,24,26);1-6,17H;1-6,16H,(H,17,18). The molecule has 0 heterocycles. The van der Waals surface area contributed by atoms with Crippen LogP contribution in [0.3, 0.4) is 0 Å². The third-order valence-corrected chi connectivity index (χ3v) is 8.89. The maximum Gasteiger partial charge on any atom is 0.339 e. The number of amides is 1. The maximum absolute atomic E-state index is 14.0. The summed E-state index contributed by atoms with van der Waals surface area (Å²) in [7, 11) is 0. The molecule has 0 atom stereocenters. The van der Waals surface area contributed by atoms with Crippen molar-refractivity contribution >= 4 is 34.4 Å². The van der Waals surface area contributed by atoms with Crippen LogP contribution >= 0.6 is 11.6 Å². The number of benzene rings is 7. The van der Waals surface area contributed by atoms with Gasteiger partial charge in [0.25, 0.3) is 11.1 Å². The Hall–Kier alpha value is -8.02. The fraction of sp³-hybridized carbons (Fsp3) is 0. The highest BCUT2D eigenvalue weighted by Crippen LogP contribution is 2.31. The minimum Gasteiger partial charge on any atom is -0.507 e. The fourth-order valence-electron chi connectivity index (χ4n) is 5.68. The van der Waals surface area contributed by atoms with Crippen molar-refractivity contribution in [3.63, 3.8) is 0 Å². The highest BCUT2D eigenvalue weighted by Gasteiger charge is 2.17. The van der Waals surface area contributed by atoms with Gasteiger partial charge >= 0.3 is 5.97 Å². The van der Waals surface area contributed by atoms with E-state index in [4.69, 9.17) is 23.1 Å². The van der Waals surface area contributed by atoms with E-state index in [0.29, 0.717) is 28.4 Å². The first-order valence-electron chi connectivity index (χ1n) is 17.6. The largest absolute Gasteiger partial charge is 0.507 e. The van der Waals surface area contributed by atoms with E-state index in [0.717, 1.165) is 42.5 Å². The van der Waals surface area contributed by atoms with Gasteiger partial charge in [-0.05, 0) is 119 Å². The van der Waals surface area contributed by atoms with Crippen LogP contribution in [0, 0.1) is 47.2 Å². The third-order valence-electron chi connectivity index (χ3n) is 8.69. The zero-order chi connectivity index (χ0) is 45.2. The van der Waals surface area contributed by atoms with Gasteiger partial charge in [-0.1, -0.05) is 30.2 Å². The first-order valence-corrected chi connectivity index (χ1v) is 18.0. The molecule has 0 aliphatic carbocycles. The molecule has 1 amide bonds. The molecule has 0 aliphatic heterocycles. The summed E-state index contributed by atoms with van der Waals surface area (Å²) < 4.78 is 79.7. The average molecular weight is 868 g/mol. The van der Waals surface area contributed by atoms with Crippen LogP contribution in [-0.4, -0.2) is 37.5 Å². The summed E-state index contributed by atoms with van der Waals surface area (Å²) in [6.45, 7) is 0. The lowest BCUT2D eigenvalue weighted by Crippen LogP contribution is -2.12. The molecular formula is C47H28ClF6NO7. The molecule has 0 aromatic heterocycles. The Balaban J connectivity index is 0.000000181. The van der Waals surface area contributed by atoms with Crippen LogP contribution < -0.4 is 5.32 Å². The molecule has 0 bridgehead atoms. The molecule has 0 aliphatic rings. The minimum atomic E-state index is -1.32. The number of rotatable bonds is 7. The summed E-state index contributed by atoms with van der Waals surface area (Å²) in [6.07, 6.45) is 5.33. The number of carboxylic acids is 1. The van der Waals surface area contributed by atoms with Gasteiger partial charge < -0.3 is 25.7 Å². The summed E-state index contributed by atoms with van der Waals surface area (Å²) in [5, 5.41) is 39.3. The van der Waals surface area contributed by atoms with Crippen molar-refractivity contribution in [2.75, 3.05) is 5.32 Å². The summed E-state index contributed by atoms with van der Waals surface area (Å²) in [6, 6.07) is 27.5. The van der Waals surface area contributed by atoms with Gasteiger partial charge in [0.2, 0.25) is 0 Å². The lowest BCUT2D eigenvalue weighted by molar-refractivity contribution is 0.0693. The van der Waals surface area contributed by atoms with Crippen LogP contribution in [0.5, 0.6) is 17.2 Å². The van der Waals surface area contributed by atoms with E-state index in [1.165, 1.54) is 60.7 Å². The number of aromatic carboxylic acids is 1. The van der Waals surface area contributed by atoms with E-state index in [2.05, 4.69) is 11.2 Å². The van der Waals surface area contributed by atoms with Crippen LogP contribution in [0.15, 0.2) is 133 Å². The zero-order valence-electron chi connectivity index (χ0n) is 31.4. The highest BCUT2D eigenvalue weighted by atomic mass is 35.5. The van der Waals surface area contributed by atoms with Gasteiger partial charge in [0.1, 0.15) is 57.7 Å². The van der Waals surface area contributed by atoms with E-state index in [1.807, 2.05) is 0 Å². The van der Waals surface area contributed by atoms with Crippen LogP contribution in [0.4, 0.5) is 32.0 Å². The van der Waals surface area contributed by atoms with Gasteiger partial charge in [-0.25, -0.2) is 31.1 Å². The molecule has 312 valence electrons. The second-order valence-corrected chi connectivity index (χ2v) is 13.2. The van der Waals surface area contributed by atoms with E-state index < -0.39 is 57.8 Å². The first kappa shape index (κ1) is 45.1. The topological polar surface area (TPSA) is 144 Å². The summed E-state index contributed by atoms with van der Waals surface area (Å²) in [4.78, 5) is 34.4. The van der Waals surface area contributed by atoms with Crippen molar-refractivity contribution < 1.29 is 61.2 Å². The van der Waals surface area contributed by atoms with Gasteiger partial charge in [-0.2, -0.15) is 0 Å². The Morgan fingerprint density at radius 3 is 1.32 bits per heavy atom. The molecule has 8 nitrogen and oxygen atoms in total. The van der Waals surface area contributed by atoms with E-state index in [1.54, 1.807) is 24.3 Å². The number of hydrogen-bond donors (Lipinski definition) is 5. The number of hydrogen-bond acceptors (Lipinski definition) is 6. The van der Waals surface area contributed by atoms with Crippen molar-refractivity contribution in [3.8, 4) is 63.0 Å². The fourth-order valence-corrected chi connectivity index (χ4v) is 5.83. The minimum absolute atomic E-state index is 0.0441. The van der Waals surface area contributed by atoms with Gasteiger partial charge in [-0.15, -0.1) is 6.42 Å². The molecule has 0 unspecified atom stereocenters. The van der Waals surface area contributed by atoms with Crippen molar-refractivity contribution in [2.24, 2.45) is 0 Å². The Bertz CT molecular complexity index is 2790. The Morgan fingerprint density at radius 2 is 0.919 bits per heavy atom. The molecule has 15 heteroatoms. The Kier molecular flexibility index (Phi) is 14.4. The zero-order valence-corrected chi connectivity index (χ0v) is 32.2. The van der Waals surface area contributed by atoms with Gasteiger partial charge in [0, 0.05) is 46.1 Å². The Labute approximate surface area is 353 Å². The number of phenols is 3. The number of carboxylic acid groups (broad SMARTS) is 1. The molecule has 0 fully saturated rings. The van der Waals surface area contributed by atoms with E-state index >= 15 is 0 Å². The third kappa shape index (κ3) is 11.2. The number of aromatic hydroxyl groups is 3. The SMILES string of the molecule is C#Cc1cccc(NC(=O)c2cc(-c3ccc(F)cc3F)ccc2O)c1.O=C(Cl)c1cc(-c2ccc(F)cc2F)ccc1O.O=C(O)c1cc(-c2ccc(F)cc2F)ccc1O. The quantitative estimate of drug-likeness (QED) is 0.0609. The molecule has 5 N–H and O–H groups in total. The summed E-state index contributed by atoms with van der Waals surface area (Å²) in [5.74, 6) is -4.82. The lowest BCUT2D eigenvalue weighted by atomic mass is 10.0. The molecule has 7 aromatic carbocycles. The predicted octanol–water partition coefficient (Wildman–Crippen LogP) is 11.3. The lowest BCUT2D eigenvalue weighted by Gasteiger charge is -2.10. The van der Waals surface area contributed by atoms with Crippen LogP contribution in [0.25, 0.3) is 33.4 Å². The van der Waals surface area contributed by atoms with Crippen molar-refractivity contribution in [1.82, 2.24) is 0 Å². The normalized spacial score (nSPS) is 10.3. The van der Waals surface area contributed by atoms with E-state index in [-0.39, 0.29) is 50.4 Å². The highest BCUT2D eigenvalue weighted by molar-refractivity contribution is 6.68. The Morgan fingerprint density at radius 1 is 0.516 bits per heavy atom. The van der Waals surface area contributed by atoms with Crippen molar-refractivity contribution in [3.05, 3.63) is 191 Å². The summed E-state index contributed by atoms with van der Waals surface area (Å²) >= 11 is 5.28. The number of halogens is 7. The monoisotopic (exact) mass is 867 g/mol. The number of terminal acetylenes is 1. The van der Waals surface area contributed by atoms with Gasteiger partial charge in [0.05, 0.1) is 11.1 Å². The van der Waals surface area contributed by atoms with Gasteiger partial charge in [0.15, 0.2) is 0 Å². The molecular weight excluding hydrogens is 840 g/mol. The van der Waals surface area contributed by atoms with Crippen LogP contribution in [0.2, 0.25) is 0 Å². The smallest absolute Gasteiger partial charge is 0.339 e. The molecule has 0 saturated heterocycles. The number of nitrogens with one attached hydrogen (secondary N) is 1. The second-order valence-electron chi connectivity index (χ2n) is 12.8. The molecule has 7 aromatic rings. The van der Waals surface area contributed by atoms with E-state index in [9.17, 15) is 56.0 Å². The molecule has 7 rings (SSSR count). The maximum atomic E-state index is 14.0. The van der Waals surface area contributed by atoms with Crippen LogP contribution in [-0.2, 0) is 0 Å². The average Bonchev–Trinajstić information content (AvgIpc) is 3.22.